The molecule has 2 aliphatic rings. The number of thiazole rings is 1. The van der Waals surface area contributed by atoms with E-state index in [0.717, 1.165) is 29.1 Å². The summed E-state index contributed by atoms with van der Waals surface area (Å²) in [5.74, 6) is 0.189. The van der Waals surface area contributed by atoms with Crippen molar-refractivity contribution in [2.24, 2.45) is 0 Å². The average Bonchev–Trinajstić information content (AvgIpc) is 3.22. The van der Waals surface area contributed by atoms with Crippen molar-refractivity contribution in [3.05, 3.63) is 38.5 Å². The number of carbonyl (C=O) groups excluding carboxylic acids is 1. The van der Waals surface area contributed by atoms with Gasteiger partial charge in [-0.25, -0.2) is 4.98 Å². The lowest BCUT2D eigenvalue weighted by molar-refractivity contribution is -0.202. The molecule has 2 aromatic rings. The minimum absolute atomic E-state index is 0.185. The van der Waals surface area contributed by atoms with Crippen LogP contribution in [0.2, 0.25) is 0 Å². The standard InChI is InChI=1S/C18H22N2O3S2/c1-13-19-15(10-25-13)8-22-16-2-4-23-18(7-16)11-20(12-18)17(21)6-14-3-5-24-9-14/h3,5,9-10,16H,2,4,6-8,11-12H2,1H3/t16-/m0/s1. The van der Waals surface area contributed by atoms with Gasteiger partial charge in [-0.15, -0.1) is 11.3 Å². The highest BCUT2D eigenvalue weighted by atomic mass is 32.1. The molecule has 0 aliphatic carbocycles. The molecule has 2 aliphatic heterocycles. The van der Waals surface area contributed by atoms with Crippen LogP contribution in [0.25, 0.3) is 0 Å². The fraction of sp³-hybridized carbons (Fsp3) is 0.556. The molecule has 1 spiro atoms. The molecule has 2 fully saturated rings. The molecule has 0 N–H and O–H groups in total. The fourth-order valence-electron chi connectivity index (χ4n) is 3.53. The summed E-state index contributed by atoms with van der Waals surface area (Å²) in [6.45, 7) is 4.64. The van der Waals surface area contributed by atoms with E-state index in [9.17, 15) is 4.79 Å². The highest BCUT2D eigenvalue weighted by Gasteiger charge is 2.49. The molecule has 7 heteroatoms. The maximum absolute atomic E-state index is 12.3. The van der Waals surface area contributed by atoms with Gasteiger partial charge in [0, 0.05) is 18.4 Å². The van der Waals surface area contributed by atoms with Crippen molar-refractivity contribution >= 4 is 28.6 Å². The van der Waals surface area contributed by atoms with Gasteiger partial charge in [0.1, 0.15) is 5.60 Å². The first-order valence-corrected chi connectivity index (χ1v) is 10.4. The molecule has 4 rings (SSSR count). The van der Waals surface area contributed by atoms with Gasteiger partial charge >= 0.3 is 0 Å². The summed E-state index contributed by atoms with van der Waals surface area (Å²) >= 11 is 3.28. The summed E-state index contributed by atoms with van der Waals surface area (Å²) in [5.41, 5.74) is 1.90. The van der Waals surface area contributed by atoms with Crippen LogP contribution in [-0.2, 0) is 27.3 Å². The normalized spacial score (nSPS) is 22.1. The van der Waals surface area contributed by atoms with Crippen molar-refractivity contribution in [2.45, 2.75) is 44.5 Å². The Hall–Kier alpha value is -1.28. The van der Waals surface area contributed by atoms with Gasteiger partial charge < -0.3 is 14.4 Å². The summed E-state index contributed by atoms with van der Waals surface area (Å²) in [5, 5.41) is 7.17. The van der Waals surface area contributed by atoms with Crippen LogP contribution in [0.5, 0.6) is 0 Å². The highest BCUT2D eigenvalue weighted by molar-refractivity contribution is 7.09. The van der Waals surface area contributed by atoms with Gasteiger partial charge in [-0.1, -0.05) is 0 Å². The number of aromatic nitrogens is 1. The maximum atomic E-state index is 12.3. The Bertz CT molecular complexity index is 723. The zero-order valence-electron chi connectivity index (χ0n) is 14.3. The lowest BCUT2D eigenvalue weighted by Crippen LogP contribution is -2.67. The van der Waals surface area contributed by atoms with Crippen LogP contribution in [-0.4, -0.2) is 47.2 Å². The van der Waals surface area contributed by atoms with E-state index >= 15 is 0 Å². The van der Waals surface area contributed by atoms with Gasteiger partial charge in [0.15, 0.2) is 0 Å². The van der Waals surface area contributed by atoms with Crippen molar-refractivity contribution < 1.29 is 14.3 Å². The third-order valence-electron chi connectivity index (χ3n) is 4.83. The largest absolute Gasteiger partial charge is 0.372 e. The molecule has 0 bridgehead atoms. The minimum atomic E-state index is -0.203. The lowest BCUT2D eigenvalue weighted by Gasteiger charge is -2.53. The van der Waals surface area contributed by atoms with Crippen LogP contribution in [0.1, 0.15) is 29.1 Å². The Labute approximate surface area is 155 Å². The Morgan fingerprint density at radius 2 is 2.36 bits per heavy atom. The predicted molar refractivity (Wildman–Crippen MR) is 97.9 cm³/mol. The minimum Gasteiger partial charge on any atom is -0.372 e. The van der Waals surface area contributed by atoms with Crippen LogP contribution < -0.4 is 0 Å². The first-order valence-electron chi connectivity index (χ1n) is 8.57. The molecule has 25 heavy (non-hydrogen) atoms. The van der Waals surface area contributed by atoms with Crippen molar-refractivity contribution in [2.75, 3.05) is 19.7 Å². The third-order valence-corrected chi connectivity index (χ3v) is 6.38. The molecule has 2 saturated heterocycles. The third kappa shape index (κ3) is 3.95. The van der Waals surface area contributed by atoms with Crippen LogP contribution in [0.15, 0.2) is 22.2 Å². The Balaban J connectivity index is 1.26. The lowest BCUT2D eigenvalue weighted by atomic mass is 9.84. The summed E-state index contributed by atoms with van der Waals surface area (Å²) in [7, 11) is 0. The van der Waals surface area contributed by atoms with Gasteiger partial charge in [0.25, 0.3) is 0 Å². The van der Waals surface area contributed by atoms with Gasteiger partial charge in [-0.2, -0.15) is 11.3 Å². The van der Waals surface area contributed by atoms with Gasteiger partial charge in [-0.3, -0.25) is 4.79 Å². The van der Waals surface area contributed by atoms with E-state index in [1.807, 2.05) is 28.7 Å². The average molecular weight is 379 g/mol. The molecule has 134 valence electrons. The zero-order valence-corrected chi connectivity index (χ0v) is 15.9. The Kier molecular flexibility index (Phi) is 4.90. The molecule has 0 radical (unpaired) electrons. The Morgan fingerprint density at radius 1 is 1.48 bits per heavy atom. The van der Waals surface area contributed by atoms with E-state index in [1.54, 1.807) is 22.7 Å². The molecule has 1 atom stereocenters. The summed E-state index contributed by atoms with van der Waals surface area (Å²) in [6, 6.07) is 2.01. The molecule has 0 unspecified atom stereocenters. The van der Waals surface area contributed by atoms with Crippen LogP contribution in [0.4, 0.5) is 0 Å². The zero-order chi connectivity index (χ0) is 17.3. The number of carbonyl (C=O) groups is 1. The smallest absolute Gasteiger partial charge is 0.227 e. The number of rotatable bonds is 5. The molecule has 0 aromatic carbocycles. The number of amides is 1. The van der Waals surface area contributed by atoms with E-state index < -0.39 is 0 Å². The number of hydrogen-bond donors (Lipinski definition) is 0. The highest BCUT2D eigenvalue weighted by Crippen LogP contribution is 2.36. The topological polar surface area (TPSA) is 51.7 Å². The molecular weight excluding hydrogens is 356 g/mol. The number of aryl methyl sites for hydroxylation is 1. The second kappa shape index (κ2) is 7.15. The molecular formula is C18H22N2O3S2. The molecule has 4 heterocycles. The fourth-order valence-corrected chi connectivity index (χ4v) is 4.79. The van der Waals surface area contributed by atoms with Gasteiger partial charge in [-0.05, 0) is 35.7 Å². The van der Waals surface area contributed by atoms with E-state index in [2.05, 4.69) is 10.4 Å². The van der Waals surface area contributed by atoms with Crippen LogP contribution in [0.3, 0.4) is 0 Å². The van der Waals surface area contributed by atoms with Gasteiger partial charge in [0.05, 0.1) is 42.9 Å². The molecule has 1 amide bonds. The predicted octanol–water partition coefficient (Wildman–Crippen LogP) is 3.03. The SMILES string of the molecule is Cc1nc(CO[C@H]2CCOC3(C2)CN(C(=O)Cc2ccsc2)C3)cs1. The number of likely N-dealkylation sites (tertiary alicyclic amines) is 1. The second-order valence-corrected chi connectivity index (χ2v) is 8.72. The second-order valence-electron chi connectivity index (χ2n) is 6.87. The van der Waals surface area contributed by atoms with E-state index in [4.69, 9.17) is 9.47 Å². The van der Waals surface area contributed by atoms with Crippen molar-refractivity contribution in [1.29, 1.82) is 0 Å². The van der Waals surface area contributed by atoms with Crippen molar-refractivity contribution in [3.63, 3.8) is 0 Å². The van der Waals surface area contributed by atoms with Crippen LogP contribution >= 0.6 is 22.7 Å². The monoisotopic (exact) mass is 378 g/mol. The van der Waals surface area contributed by atoms with Crippen molar-refractivity contribution in [3.8, 4) is 0 Å². The quantitative estimate of drug-likeness (QED) is 0.802. The summed E-state index contributed by atoms with van der Waals surface area (Å²) in [6.07, 6.45) is 2.44. The van der Waals surface area contributed by atoms with Crippen molar-refractivity contribution in [1.82, 2.24) is 9.88 Å². The first kappa shape index (κ1) is 17.1. The first-order chi connectivity index (χ1) is 12.1. The van der Waals surface area contributed by atoms with E-state index in [1.165, 1.54) is 0 Å². The summed E-state index contributed by atoms with van der Waals surface area (Å²) < 4.78 is 12.1. The van der Waals surface area contributed by atoms with E-state index in [-0.39, 0.29) is 17.6 Å². The molecule has 0 saturated carbocycles. The van der Waals surface area contributed by atoms with E-state index in [0.29, 0.717) is 32.7 Å². The summed E-state index contributed by atoms with van der Waals surface area (Å²) in [4.78, 5) is 18.7. The molecule has 5 nitrogen and oxygen atoms in total. The van der Waals surface area contributed by atoms with Crippen LogP contribution in [0, 0.1) is 6.92 Å². The number of hydrogen-bond acceptors (Lipinski definition) is 6. The number of ether oxygens (including phenoxy) is 2. The maximum Gasteiger partial charge on any atom is 0.227 e. The Morgan fingerprint density at radius 3 is 3.08 bits per heavy atom. The number of nitrogens with zero attached hydrogens (tertiary/aromatic N) is 2. The van der Waals surface area contributed by atoms with Gasteiger partial charge in [0.2, 0.25) is 5.91 Å². The molecule has 2 aromatic heterocycles. The number of thiophene rings is 1.